The molecular formula is C12H16O4S. The Bertz CT molecular complexity index is 512. The van der Waals surface area contributed by atoms with Crippen LogP contribution in [0.1, 0.15) is 30.6 Å². The smallest absolute Gasteiger partial charge is 0.194 e. The summed E-state index contributed by atoms with van der Waals surface area (Å²) in [7, 11) is -3.26. The molecule has 17 heavy (non-hydrogen) atoms. The van der Waals surface area contributed by atoms with Crippen molar-refractivity contribution in [3.8, 4) is 0 Å². The molecule has 1 rings (SSSR count). The minimum atomic E-state index is -3.26. The van der Waals surface area contributed by atoms with Crippen LogP contribution in [0.2, 0.25) is 0 Å². The first kappa shape index (κ1) is 13.9. The summed E-state index contributed by atoms with van der Waals surface area (Å²) >= 11 is 0. The minimum Gasteiger partial charge on any atom is -0.382 e. The van der Waals surface area contributed by atoms with E-state index in [1.54, 1.807) is 6.92 Å². The average molecular weight is 256 g/mol. The monoisotopic (exact) mass is 256 g/mol. The summed E-state index contributed by atoms with van der Waals surface area (Å²) in [5, 5.41) is 9.81. The van der Waals surface area contributed by atoms with Gasteiger partial charge in [0.05, 0.1) is 4.90 Å². The molecule has 0 aliphatic heterocycles. The molecule has 1 aromatic carbocycles. The molecule has 1 unspecified atom stereocenters. The molecule has 0 aliphatic rings. The van der Waals surface area contributed by atoms with Crippen molar-refractivity contribution in [2.45, 2.75) is 30.8 Å². The molecule has 0 amide bonds. The van der Waals surface area contributed by atoms with Crippen molar-refractivity contribution in [1.29, 1.82) is 0 Å². The van der Waals surface area contributed by atoms with Crippen LogP contribution < -0.4 is 0 Å². The van der Waals surface area contributed by atoms with Crippen molar-refractivity contribution in [2.75, 3.05) is 6.26 Å². The Morgan fingerprint density at radius 2 is 1.76 bits per heavy atom. The number of carbonyl (C=O) groups is 1. The minimum absolute atomic E-state index is 0.158. The highest BCUT2D eigenvalue weighted by Crippen LogP contribution is 2.18. The molecule has 4 nitrogen and oxygen atoms in total. The number of carbonyl (C=O) groups excluding carboxylic acids is 1. The Morgan fingerprint density at radius 3 is 2.12 bits per heavy atom. The summed E-state index contributed by atoms with van der Waals surface area (Å²) < 4.78 is 22.5. The number of sulfone groups is 1. The van der Waals surface area contributed by atoms with Gasteiger partial charge in [-0.2, -0.15) is 0 Å². The summed E-state index contributed by atoms with van der Waals surface area (Å²) in [5.41, 5.74) is -1.10. The molecule has 0 bridgehead atoms. The van der Waals surface area contributed by atoms with E-state index in [0.717, 1.165) is 6.26 Å². The lowest BCUT2D eigenvalue weighted by atomic mass is 9.92. The second-order valence-electron chi connectivity index (χ2n) is 4.25. The number of benzene rings is 1. The largest absolute Gasteiger partial charge is 0.382 e. The van der Waals surface area contributed by atoms with E-state index in [1.165, 1.54) is 31.2 Å². The van der Waals surface area contributed by atoms with Crippen molar-refractivity contribution in [2.24, 2.45) is 0 Å². The van der Waals surface area contributed by atoms with Gasteiger partial charge in [0, 0.05) is 11.8 Å². The van der Waals surface area contributed by atoms with Gasteiger partial charge in [-0.1, -0.05) is 19.1 Å². The first-order valence-corrected chi connectivity index (χ1v) is 7.15. The zero-order chi connectivity index (χ0) is 13.3. The molecular weight excluding hydrogens is 240 g/mol. The van der Waals surface area contributed by atoms with E-state index in [-0.39, 0.29) is 4.90 Å². The molecule has 1 aromatic rings. The van der Waals surface area contributed by atoms with Crippen molar-refractivity contribution >= 4 is 15.6 Å². The van der Waals surface area contributed by atoms with E-state index < -0.39 is 21.2 Å². The molecule has 0 fully saturated rings. The van der Waals surface area contributed by atoms with Gasteiger partial charge in [-0.05, 0) is 25.5 Å². The molecule has 0 aliphatic carbocycles. The lowest BCUT2D eigenvalue weighted by Crippen LogP contribution is -2.34. The maximum Gasteiger partial charge on any atom is 0.194 e. The number of Topliss-reactive ketones (excluding diaryl/α,β-unsaturated/α-hetero) is 1. The summed E-state index contributed by atoms with van der Waals surface area (Å²) in [6.45, 7) is 3.16. The van der Waals surface area contributed by atoms with Crippen molar-refractivity contribution in [3.05, 3.63) is 29.8 Å². The second-order valence-corrected chi connectivity index (χ2v) is 6.27. The van der Waals surface area contributed by atoms with Gasteiger partial charge >= 0.3 is 0 Å². The summed E-state index contributed by atoms with van der Waals surface area (Å²) in [5.74, 6) is -0.403. The predicted molar refractivity (Wildman–Crippen MR) is 64.8 cm³/mol. The number of ketones is 1. The molecule has 0 spiro atoms. The van der Waals surface area contributed by atoms with Gasteiger partial charge in [-0.25, -0.2) is 8.42 Å². The zero-order valence-electron chi connectivity index (χ0n) is 10.1. The third-order valence-electron chi connectivity index (χ3n) is 2.72. The fourth-order valence-electron chi connectivity index (χ4n) is 1.33. The number of aliphatic hydroxyl groups is 1. The van der Waals surface area contributed by atoms with Crippen molar-refractivity contribution in [3.63, 3.8) is 0 Å². The maximum atomic E-state index is 11.9. The quantitative estimate of drug-likeness (QED) is 0.827. The van der Waals surface area contributed by atoms with Gasteiger partial charge in [-0.3, -0.25) is 4.79 Å². The van der Waals surface area contributed by atoms with Crippen LogP contribution >= 0.6 is 0 Å². The molecule has 0 radical (unpaired) electrons. The average Bonchev–Trinajstić information content (AvgIpc) is 2.27. The van der Waals surface area contributed by atoms with Crippen LogP contribution in [-0.2, 0) is 9.84 Å². The van der Waals surface area contributed by atoms with Gasteiger partial charge < -0.3 is 5.11 Å². The van der Waals surface area contributed by atoms with E-state index in [2.05, 4.69) is 0 Å². The van der Waals surface area contributed by atoms with Crippen LogP contribution in [0.25, 0.3) is 0 Å². The lowest BCUT2D eigenvalue weighted by molar-refractivity contribution is 0.0390. The Morgan fingerprint density at radius 1 is 1.29 bits per heavy atom. The van der Waals surface area contributed by atoms with Crippen LogP contribution in [0.15, 0.2) is 29.2 Å². The van der Waals surface area contributed by atoms with Crippen LogP contribution in [0.5, 0.6) is 0 Å². The van der Waals surface area contributed by atoms with E-state index in [4.69, 9.17) is 0 Å². The Hall–Kier alpha value is -1.20. The maximum absolute atomic E-state index is 11.9. The lowest BCUT2D eigenvalue weighted by Gasteiger charge is -2.19. The van der Waals surface area contributed by atoms with Crippen molar-refractivity contribution < 1.29 is 18.3 Å². The first-order valence-electron chi connectivity index (χ1n) is 5.26. The zero-order valence-corrected chi connectivity index (χ0v) is 10.9. The van der Waals surface area contributed by atoms with Gasteiger partial charge in [0.25, 0.3) is 0 Å². The molecule has 0 saturated carbocycles. The molecule has 5 heteroatoms. The highest BCUT2D eigenvalue weighted by Gasteiger charge is 2.28. The molecule has 94 valence electrons. The van der Waals surface area contributed by atoms with Gasteiger partial charge in [0.1, 0.15) is 5.60 Å². The van der Waals surface area contributed by atoms with Crippen LogP contribution in [0, 0.1) is 0 Å². The van der Waals surface area contributed by atoms with Gasteiger partial charge in [0.2, 0.25) is 0 Å². The van der Waals surface area contributed by atoms with Crippen LogP contribution in [-0.4, -0.2) is 31.2 Å². The van der Waals surface area contributed by atoms with E-state index in [0.29, 0.717) is 12.0 Å². The van der Waals surface area contributed by atoms with E-state index in [9.17, 15) is 18.3 Å². The fraction of sp³-hybridized carbons (Fsp3) is 0.417. The topological polar surface area (TPSA) is 71.4 Å². The summed E-state index contributed by atoms with van der Waals surface area (Å²) in [4.78, 5) is 12.0. The normalized spacial score (nSPS) is 15.3. The number of hydrogen-bond acceptors (Lipinski definition) is 4. The summed E-state index contributed by atoms with van der Waals surface area (Å²) in [6, 6.07) is 5.58. The third-order valence-corrected chi connectivity index (χ3v) is 3.85. The standard InChI is InChI=1S/C12H16O4S/c1-4-12(2,14)11(13)9-5-7-10(8-6-9)17(3,15)16/h5-8,14H,4H2,1-3H3. The van der Waals surface area contributed by atoms with Gasteiger partial charge in [0.15, 0.2) is 15.6 Å². The SMILES string of the molecule is CCC(C)(O)C(=O)c1ccc(S(C)(=O)=O)cc1. The third kappa shape index (κ3) is 3.14. The van der Waals surface area contributed by atoms with Crippen molar-refractivity contribution in [1.82, 2.24) is 0 Å². The highest BCUT2D eigenvalue weighted by atomic mass is 32.2. The molecule has 1 N–H and O–H groups in total. The molecule has 0 aromatic heterocycles. The molecule has 0 heterocycles. The Kier molecular flexibility index (Phi) is 3.74. The van der Waals surface area contributed by atoms with E-state index >= 15 is 0 Å². The molecule has 1 atom stereocenters. The Balaban J connectivity index is 3.09. The number of hydrogen-bond donors (Lipinski definition) is 1. The summed E-state index contributed by atoms with van der Waals surface area (Å²) in [6.07, 6.45) is 1.41. The van der Waals surface area contributed by atoms with Gasteiger partial charge in [-0.15, -0.1) is 0 Å². The van der Waals surface area contributed by atoms with Crippen LogP contribution in [0.4, 0.5) is 0 Å². The molecule has 0 saturated heterocycles. The highest BCUT2D eigenvalue weighted by molar-refractivity contribution is 7.90. The first-order chi connectivity index (χ1) is 7.68. The van der Waals surface area contributed by atoms with Crippen LogP contribution in [0.3, 0.4) is 0 Å². The second kappa shape index (κ2) is 4.58. The number of rotatable bonds is 4. The predicted octanol–water partition coefficient (Wildman–Crippen LogP) is 1.43. The fourth-order valence-corrected chi connectivity index (χ4v) is 1.96. The van der Waals surface area contributed by atoms with E-state index in [1.807, 2.05) is 0 Å². The Labute approximate surface area is 101 Å².